The van der Waals surface area contributed by atoms with E-state index in [1.807, 2.05) is 11.0 Å². The van der Waals surface area contributed by atoms with Crippen LogP contribution >= 0.6 is 0 Å². The number of carbonyl (C=O) groups excluding carboxylic acids is 1. The Balaban J connectivity index is 1.97. The van der Waals surface area contributed by atoms with Crippen LogP contribution in [0.25, 0.3) is 5.65 Å². The number of primary amides is 1. The van der Waals surface area contributed by atoms with Gasteiger partial charge in [0.25, 0.3) is 0 Å². The molecule has 0 aliphatic carbocycles. The summed E-state index contributed by atoms with van der Waals surface area (Å²) in [4.78, 5) is 13.4. The van der Waals surface area contributed by atoms with E-state index in [1.54, 1.807) is 6.07 Å². The van der Waals surface area contributed by atoms with Crippen molar-refractivity contribution >= 4 is 17.4 Å². The zero-order chi connectivity index (χ0) is 12.5. The topological polar surface area (TPSA) is 102 Å². The molecule has 0 saturated carbocycles. The second-order valence-corrected chi connectivity index (χ2v) is 4.33. The molecule has 94 valence electrons. The SMILES string of the molecule is NC(=O)[C@@H]1CCCCN1c1ccc2nnnn2n1. The van der Waals surface area contributed by atoms with Gasteiger partial charge in [-0.25, -0.2) is 0 Å². The molecule has 1 amide bonds. The Labute approximate surface area is 103 Å². The Bertz CT molecular complexity index is 580. The molecular weight excluding hydrogens is 234 g/mol. The first-order valence-corrected chi connectivity index (χ1v) is 5.87. The number of piperidine rings is 1. The summed E-state index contributed by atoms with van der Waals surface area (Å²) in [6, 6.07) is 3.29. The van der Waals surface area contributed by atoms with Crippen molar-refractivity contribution in [3.8, 4) is 0 Å². The maximum atomic E-state index is 11.5. The molecule has 2 aromatic rings. The van der Waals surface area contributed by atoms with Gasteiger partial charge in [-0.3, -0.25) is 4.79 Å². The molecule has 3 rings (SSSR count). The maximum absolute atomic E-state index is 11.5. The number of nitrogens with zero attached hydrogens (tertiary/aromatic N) is 6. The maximum Gasteiger partial charge on any atom is 0.240 e. The first-order valence-electron chi connectivity index (χ1n) is 5.87. The Kier molecular flexibility index (Phi) is 2.54. The minimum absolute atomic E-state index is 0.291. The first-order chi connectivity index (χ1) is 8.75. The number of hydrogen-bond acceptors (Lipinski definition) is 6. The van der Waals surface area contributed by atoms with Gasteiger partial charge in [-0.15, -0.1) is 14.8 Å². The summed E-state index contributed by atoms with van der Waals surface area (Å²) in [6.07, 6.45) is 2.81. The van der Waals surface area contributed by atoms with Gasteiger partial charge in [-0.05, 0) is 41.8 Å². The number of tetrazole rings is 1. The molecule has 0 spiro atoms. The third-order valence-corrected chi connectivity index (χ3v) is 3.18. The molecule has 1 aliphatic rings. The van der Waals surface area contributed by atoms with Gasteiger partial charge in [0.2, 0.25) is 5.91 Å². The van der Waals surface area contributed by atoms with Gasteiger partial charge in [-0.2, -0.15) is 0 Å². The highest BCUT2D eigenvalue weighted by Gasteiger charge is 2.28. The van der Waals surface area contributed by atoms with Crippen molar-refractivity contribution in [2.45, 2.75) is 25.3 Å². The predicted molar refractivity (Wildman–Crippen MR) is 62.8 cm³/mol. The Hall–Kier alpha value is -2.25. The Morgan fingerprint density at radius 3 is 3.11 bits per heavy atom. The summed E-state index contributed by atoms with van der Waals surface area (Å²) in [5.74, 6) is 0.367. The van der Waals surface area contributed by atoms with E-state index in [4.69, 9.17) is 5.73 Å². The largest absolute Gasteiger partial charge is 0.368 e. The highest BCUT2D eigenvalue weighted by atomic mass is 16.1. The molecule has 1 fully saturated rings. The molecule has 2 aromatic heterocycles. The molecule has 8 nitrogen and oxygen atoms in total. The molecule has 1 aliphatic heterocycles. The third-order valence-electron chi connectivity index (χ3n) is 3.18. The third kappa shape index (κ3) is 1.75. The van der Waals surface area contributed by atoms with Crippen molar-refractivity contribution in [3.63, 3.8) is 0 Å². The van der Waals surface area contributed by atoms with E-state index >= 15 is 0 Å². The molecule has 0 radical (unpaired) electrons. The lowest BCUT2D eigenvalue weighted by Gasteiger charge is -2.34. The van der Waals surface area contributed by atoms with Crippen LogP contribution < -0.4 is 10.6 Å². The van der Waals surface area contributed by atoms with Crippen LogP contribution in [0.5, 0.6) is 0 Å². The van der Waals surface area contributed by atoms with Crippen LogP contribution in [0.15, 0.2) is 12.1 Å². The molecule has 0 aromatic carbocycles. The number of carbonyl (C=O) groups is 1. The summed E-state index contributed by atoms with van der Waals surface area (Å²) in [7, 11) is 0. The normalized spacial score (nSPS) is 20.2. The van der Waals surface area contributed by atoms with Crippen molar-refractivity contribution in [2.24, 2.45) is 5.73 Å². The summed E-state index contributed by atoms with van der Waals surface area (Å²) in [5.41, 5.74) is 6.01. The van der Waals surface area contributed by atoms with Gasteiger partial charge in [0.1, 0.15) is 6.04 Å². The fourth-order valence-electron chi connectivity index (χ4n) is 2.29. The number of amides is 1. The Morgan fingerprint density at radius 2 is 2.28 bits per heavy atom. The number of hydrogen-bond donors (Lipinski definition) is 1. The van der Waals surface area contributed by atoms with E-state index in [9.17, 15) is 4.79 Å². The number of aromatic nitrogens is 5. The number of anilines is 1. The molecule has 18 heavy (non-hydrogen) atoms. The van der Waals surface area contributed by atoms with Crippen LogP contribution in [0, 0.1) is 0 Å². The van der Waals surface area contributed by atoms with Crippen molar-refractivity contribution in [2.75, 3.05) is 11.4 Å². The van der Waals surface area contributed by atoms with Crippen molar-refractivity contribution in [3.05, 3.63) is 12.1 Å². The lowest BCUT2D eigenvalue weighted by atomic mass is 10.0. The lowest BCUT2D eigenvalue weighted by Crippen LogP contribution is -2.48. The molecule has 0 unspecified atom stereocenters. The molecule has 0 bridgehead atoms. The molecular formula is C10H13N7O. The van der Waals surface area contributed by atoms with Gasteiger partial charge in [0, 0.05) is 6.54 Å². The number of rotatable bonds is 2. The fraction of sp³-hybridized carbons (Fsp3) is 0.500. The van der Waals surface area contributed by atoms with Crippen LogP contribution in [-0.4, -0.2) is 43.7 Å². The Morgan fingerprint density at radius 1 is 1.39 bits per heavy atom. The van der Waals surface area contributed by atoms with Gasteiger partial charge in [0.05, 0.1) is 0 Å². The standard InChI is InChI=1S/C10H13N7O/c11-10(18)7-3-1-2-6-16(7)9-5-4-8-12-14-15-17(8)13-9/h4-5,7H,1-3,6H2,(H2,11,18)/t7-/m0/s1. The first kappa shape index (κ1) is 10.9. The lowest BCUT2D eigenvalue weighted by molar-refractivity contribution is -0.119. The van der Waals surface area contributed by atoms with Gasteiger partial charge >= 0.3 is 0 Å². The van der Waals surface area contributed by atoms with Crippen molar-refractivity contribution < 1.29 is 4.79 Å². The van der Waals surface area contributed by atoms with E-state index < -0.39 is 0 Å². The van der Waals surface area contributed by atoms with Crippen LogP contribution in [0.4, 0.5) is 5.82 Å². The van der Waals surface area contributed by atoms with E-state index in [1.165, 1.54) is 4.63 Å². The zero-order valence-corrected chi connectivity index (χ0v) is 9.73. The number of fused-ring (bicyclic) bond motifs is 1. The summed E-state index contributed by atoms with van der Waals surface area (Å²) < 4.78 is 1.35. The second-order valence-electron chi connectivity index (χ2n) is 4.33. The van der Waals surface area contributed by atoms with Crippen molar-refractivity contribution in [1.82, 2.24) is 25.3 Å². The molecule has 1 saturated heterocycles. The highest BCUT2D eigenvalue weighted by molar-refractivity contribution is 5.83. The van der Waals surface area contributed by atoms with Crippen LogP contribution in [0.1, 0.15) is 19.3 Å². The van der Waals surface area contributed by atoms with E-state index in [-0.39, 0.29) is 11.9 Å². The monoisotopic (exact) mass is 247 g/mol. The smallest absolute Gasteiger partial charge is 0.240 e. The molecule has 3 heterocycles. The summed E-state index contributed by atoms with van der Waals surface area (Å²) in [5, 5.41) is 15.4. The molecule has 2 N–H and O–H groups in total. The van der Waals surface area contributed by atoms with Crippen molar-refractivity contribution in [1.29, 1.82) is 0 Å². The average Bonchev–Trinajstić information content (AvgIpc) is 2.85. The molecule has 1 atom stereocenters. The molecule has 8 heteroatoms. The van der Waals surface area contributed by atoms with Crippen LogP contribution in [0.2, 0.25) is 0 Å². The summed E-state index contributed by atoms with van der Waals surface area (Å²) >= 11 is 0. The summed E-state index contributed by atoms with van der Waals surface area (Å²) in [6.45, 7) is 0.772. The van der Waals surface area contributed by atoms with E-state index in [0.717, 1.165) is 25.8 Å². The van der Waals surface area contributed by atoms with Gasteiger partial charge < -0.3 is 10.6 Å². The van der Waals surface area contributed by atoms with Crippen LogP contribution in [0.3, 0.4) is 0 Å². The second kappa shape index (κ2) is 4.21. The predicted octanol–water partition coefficient (Wildman–Crippen LogP) is -0.637. The van der Waals surface area contributed by atoms with E-state index in [0.29, 0.717) is 11.5 Å². The van der Waals surface area contributed by atoms with Gasteiger partial charge in [-0.1, -0.05) is 0 Å². The van der Waals surface area contributed by atoms with E-state index in [2.05, 4.69) is 20.6 Å². The fourth-order valence-corrected chi connectivity index (χ4v) is 2.29. The minimum atomic E-state index is -0.312. The van der Waals surface area contributed by atoms with Crippen LogP contribution in [-0.2, 0) is 4.79 Å². The quantitative estimate of drug-likeness (QED) is 0.757. The van der Waals surface area contributed by atoms with Gasteiger partial charge in [0.15, 0.2) is 11.5 Å². The zero-order valence-electron chi connectivity index (χ0n) is 9.73. The minimum Gasteiger partial charge on any atom is -0.368 e. The number of nitrogens with two attached hydrogens (primary N) is 1. The average molecular weight is 247 g/mol. The highest BCUT2D eigenvalue weighted by Crippen LogP contribution is 2.22.